The van der Waals surface area contributed by atoms with E-state index in [0.717, 1.165) is 8.19 Å². The molecule has 0 aliphatic heterocycles. The highest BCUT2D eigenvalue weighted by Crippen LogP contribution is 2.38. The largest absolute Gasteiger partial charge is 0.132 e. The van der Waals surface area contributed by atoms with Gasteiger partial charge in [-0.15, -0.1) is 8.19 Å². The summed E-state index contributed by atoms with van der Waals surface area (Å²) in [6, 6.07) is 10.8. The van der Waals surface area contributed by atoms with Crippen molar-refractivity contribution in [3.63, 3.8) is 0 Å². The zero-order valence-electron chi connectivity index (χ0n) is 8.62. The minimum atomic E-state index is 0.841. The monoisotopic (exact) mass is 211 g/mol. The molecule has 2 aromatic rings. The molecule has 73 valence electrons. The molecule has 0 saturated heterocycles. The number of rotatable bonds is 1. The van der Waals surface area contributed by atoms with Crippen LogP contribution in [0.2, 0.25) is 0 Å². The molecule has 1 atom stereocenters. The van der Waals surface area contributed by atoms with Gasteiger partial charge in [-0.3, -0.25) is 0 Å². The molecule has 1 unspecified atom stereocenters. The van der Waals surface area contributed by atoms with Crippen LogP contribution in [0.15, 0.2) is 36.1 Å². The maximum Gasteiger partial charge on any atom is 0.0215 e. The molecular formula is C14H12P. The Morgan fingerprint density at radius 1 is 1.00 bits per heavy atom. The number of hydrogen-bond donors (Lipinski definition) is 0. The van der Waals surface area contributed by atoms with E-state index in [-0.39, 0.29) is 0 Å². The maximum absolute atomic E-state index is 2.30. The van der Waals surface area contributed by atoms with Crippen LogP contribution >= 0.6 is 8.19 Å². The molecule has 0 nitrogen and oxygen atoms in total. The quantitative estimate of drug-likeness (QED) is 0.665. The van der Waals surface area contributed by atoms with E-state index in [1.54, 1.807) is 0 Å². The van der Waals surface area contributed by atoms with E-state index in [1.165, 1.54) is 27.6 Å². The molecule has 1 radical (unpaired) electrons. The molecule has 0 amide bonds. The van der Waals surface area contributed by atoms with Gasteiger partial charge >= 0.3 is 0 Å². The van der Waals surface area contributed by atoms with Gasteiger partial charge in [0.05, 0.1) is 0 Å². The van der Waals surface area contributed by atoms with E-state index in [1.807, 2.05) is 0 Å². The molecular weight excluding hydrogens is 199 g/mol. The van der Waals surface area contributed by atoms with Gasteiger partial charge in [-0.05, 0) is 46.4 Å². The maximum atomic E-state index is 2.30. The van der Waals surface area contributed by atoms with E-state index in [0.29, 0.717) is 0 Å². The highest BCUT2D eigenvalue weighted by atomic mass is 31.0. The second kappa shape index (κ2) is 3.40. The molecule has 0 fully saturated rings. The van der Waals surface area contributed by atoms with Crippen molar-refractivity contribution in [3.05, 3.63) is 64.5 Å². The Hall–Kier alpha value is -1.26. The van der Waals surface area contributed by atoms with Gasteiger partial charge in [0, 0.05) is 6.42 Å². The lowest BCUT2D eigenvalue weighted by molar-refractivity contribution is 1.50. The van der Waals surface area contributed by atoms with Crippen molar-refractivity contribution in [1.29, 1.82) is 0 Å². The number of allylic oxidation sites excluding steroid dienone is 1. The van der Waals surface area contributed by atoms with Gasteiger partial charge in [0.2, 0.25) is 0 Å². The summed E-state index contributed by atoms with van der Waals surface area (Å²) in [5.74, 6) is 2.27. The van der Waals surface area contributed by atoms with Crippen LogP contribution in [0.4, 0.5) is 0 Å². The van der Waals surface area contributed by atoms with Crippen molar-refractivity contribution in [2.24, 2.45) is 0 Å². The van der Waals surface area contributed by atoms with Crippen LogP contribution in [0.5, 0.6) is 0 Å². The van der Waals surface area contributed by atoms with Crippen LogP contribution in [0, 0.1) is 13.3 Å². The lowest BCUT2D eigenvalue weighted by atomic mass is 10.1. The Morgan fingerprint density at radius 3 is 2.47 bits per heavy atom. The summed E-state index contributed by atoms with van der Waals surface area (Å²) >= 11 is 0. The van der Waals surface area contributed by atoms with Crippen molar-refractivity contribution in [2.45, 2.75) is 6.92 Å². The molecule has 1 heterocycles. The van der Waals surface area contributed by atoms with Crippen LogP contribution in [0.3, 0.4) is 0 Å². The highest BCUT2D eigenvalue weighted by Gasteiger charge is 2.15. The minimum absolute atomic E-state index is 0.841. The highest BCUT2D eigenvalue weighted by molar-refractivity contribution is 7.31. The molecule has 0 spiro atoms. The third-order valence-corrected chi connectivity index (χ3v) is 4.17. The van der Waals surface area contributed by atoms with E-state index in [9.17, 15) is 0 Å². The smallest absolute Gasteiger partial charge is 0.0215 e. The summed E-state index contributed by atoms with van der Waals surface area (Å²) in [4.78, 5) is 0. The van der Waals surface area contributed by atoms with Crippen molar-refractivity contribution >= 4 is 19.8 Å². The Morgan fingerprint density at radius 2 is 1.80 bits per heavy atom. The lowest BCUT2D eigenvalue weighted by Crippen LogP contribution is -1.80. The molecule has 1 aliphatic rings. The van der Waals surface area contributed by atoms with Crippen molar-refractivity contribution < 1.29 is 0 Å². The average molecular weight is 211 g/mol. The lowest BCUT2D eigenvalue weighted by Gasteiger charge is -2.00. The average Bonchev–Trinajstić information content (AvgIpc) is 2.82. The van der Waals surface area contributed by atoms with Gasteiger partial charge in [0.1, 0.15) is 0 Å². The molecule has 15 heavy (non-hydrogen) atoms. The predicted molar refractivity (Wildman–Crippen MR) is 68.4 cm³/mol. The predicted octanol–water partition coefficient (Wildman–Crippen LogP) is 4.13. The third-order valence-electron chi connectivity index (χ3n) is 2.86. The van der Waals surface area contributed by atoms with Crippen molar-refractivity contribution in [2.75, 3.05) is 0 Å². The number of fused-ring (bicyclic) bond motifs is 1. The topological polar surface area (TPSA) is 0 Å². The normalized spacial score (nSPS) is 14.3. The third kappa shape index (κ3) is 1.46. The van der Waals surface area contributed by atoms with Crippen molar-refractivity contribution in [1.82, 2.24) is 0 Å². The standard InChI is InChI=1S/C14H12P/c1-10-6-7-15-14(10)13-8-11-4-2-3-5-12(11)9-13/h2-9,15H,1H3. The second-order valence-corrected chi connectivity index (χ2v) is 5.03. The fourth-order valence-corrected chi connectivity index (χ4v) is 3.18. The number of hydrogen-bond acceptors (Lipinski definition) is 0. The van der Waals surface area contributed by atoms with Gasteiger partial charge in [-0.1, -0.05) is 30.3 Å². The first kappa shape index (κ1) is 9.00. The Bertz CT molecular complexity index is 532. The molecule has 1 heteroatoms. The molecule has 0 saturated carbocycles. The van der Waals surface area contributed by atoms with Gasteiger partial charge in [-0.2, -0.15) is 0 Å². The Balaban J connectivity index is 2.05. The second-order valence-electron chi connectivity index (χ2n) is 3.91. The number of benzene rings is 1. The summed E-state index contributed by atoms with van der Waals surface area (Å²) in [6.07, 6.45) is 4.60. The first-order chi connectivity index (χ1) is 7.34. The molecule has 0 bridgehead atoms. The minimum Gasteiger partial charge on any atom is -0.132 e. The van der Waals surface area contributed by atoms with E-state index >= 15 is 0 Å². The fourth-order valence-electron chi connectivity index (χ4n) is 2.05. The molecule has 1 aromatic carbocycles. The number of aryl methyl sites for hydroxylation is 1. The SMILES string of the molecule is Cc1cc[pH]c1C1=Cc2ccccc2[CH]1. The summed E-state index contributed by atoms with van der Waals surface area (Å²) in [7, 11) is 0.841. The zero-order valence-corrected chi connectivity index (χ0v) is 9.62. The van der Waals surface area contributed by atoms with Crippen LogP contribution < -0.4 is 0 Å². The molecule has 1 aliphatic carbocycles. The Kier molecular flexibility index (Phi) is 2.04. The molecule has 3 rings (SSSR count). The van der Waals surface area contributed by atoms with Gasteiger partial charge in [-0.25, -0.2) is 0 Å². The summed E-state index contributed by atoms with van der Waals surface area (Å²) in [5, 5.41) is 1.51. The van der Waals surface area contributed by atoms with E-state index < -0.39 is 0 Å². The Labute approximate surface area is 91.7 Å². The van der Waals surface area contributed by atoms with Crippen molar-refractivity contribution in [3.8, 4) is 0 Å². The van der Waals surface area contributed by atoms with E-state index in [4.69, 9.17) is 0 Å². The van der Waals surface area contributed by atoms with Crippen LogP contribution in [0.1, 0.15) is 22.0 Å². The first-order valence-corrected chi connectivity index (χ1v) is 6.22. The van der Waals surface area contributed by atoms with Crippen LogP contribution in [0.25, 0.3) is 11.6 Å². The molecule has 1 aromatic heterocycles. The zero-order chi connectivity index (χ0) is 10.3. The first-order valence-electron chi connectivity index (χ1n) is 5.14. The van der Waals surface area contributed by atoms with Gasteiger partial charge in [0.25, 0.3) is 0 Å². The van der Waals surface area contributed by atoms with Gasteiger partial charge in [0.15, 0.2) is 0 Å². The summed E-state index contributed by atoms with van der Waals surface area (Å²) in [5.41, 5.74) is 5.52. The summed E-state index contributed by atoms with van der Waals surface area (Å²) in [6.45, 7) is 2.20. The molecule has 0 N–H and O–H groups in total. The summed E-state index contributed by atoms with van der Waals surface area (Å²) < 4.78 is 0. The van der Waals surface area contributed by atoms with Crippen LogP contribution in [-0.2, 0) is 0 Å². The van der Waals surface area contributed by atoms with Crippen LogP contribution in [-0.4, -0.2) is 0 Å². The van der Waals surface area contributed by atoms with Gasteiger partial charge < -0.3 is 0 Å². The fraction of sp³-hybridized carbons (Fsp3) is 0.0714. The van der Waals surface area contributed by atoms with E-state index in [2.05, 4.69) is 55.6 Å².